The van der Waals surface area contributed by atoms with Gasteiger partial charge in [-0.05, 0) is 48.5 Å². The van der Waals surface area contributed by atoms with Crippen LogP contribution in [0.4, 0.5) is 18.9 Å². The monoisotopic (exact) mass is 459 g/mol. The molecule has 11 heteroatoms. The summed E-state index contributed by atoms with van der Waals surface area (Å²) in [4.78, 5) is 12.0. The van der Waals surface area contributed by atoms with E-state index in [0.717, 1.165) is 22.7 Å². The molecule has 0 bridgehead atoms. The Balaban J connectivity index is 1.75. The summed E-state index contributed by atoms with van der Waals surface area (Å²) in [6.45, 7) is 2.81. The van der Waals surface area contributed by atoms with Crippen LogP contribution in [0, 0.1) is 0 Å². The standard InChI is InChI=1S/C20H20F3NO6S/c1-19(2)29-17(18(25)30-19)12-24(31(3,26)27)14-6-10-16(11-7-14)28-15-8-4-13(5-9-15)20(21,22)23/h4-11,17H,12H2,1-3H3. The Hall–Kier alpha value is -2.79. The first-order valence-electron chi connectivity index (χ1n) is 9.08. The zero-order chi connectivity index (χ0) is 23.0. The second-order valence-corrected chi connectivity index (χ2v) is 9.25. The van der Waals surface area contributed by atoms with Gasteiger partial charge in [-0.2, -0.15) is 13.2 Å². The summed E-state index contributed by atoms with van der Waals surface area (Å²) in [5.74, 6) is -1.34. The lowest BCUT2D eigenvalue weighted by atomic mass is 10.2. The first-order valence-corrected chi connectivity index (χ1v) is 10.9. The number of carbonyl (C=O) groups excluding carboxylic acids is 1. The summed E-state index contributed by atoms with van der Waals surface area (Å²) in [5.41, 5.74) is -0.543. The number of halogens is 3. The molecule has 3 rings (SSSR count). The number of ether oxygens (including phenoxy) is 3. The van der Waals surface area contributed by atoms with Gasteiger partial charge in [0.2, 0.25) is 15.8 Å². The molecule has 1 heterocycles. The van der Waals surface area contributed by atoms with Gasteiger partial charge in [-0.3, -0.25) is 4.31 Å². The van der Waals surface area contributed by atoms with Crippen molar-refractivity contribution in [1.29, 1.82) is 0 Å². The van der Waals surface area contributed by atoms with Crippen LogP contribution in [0.2, 0.25) is 0 Å². The highest BCUT2D eigenvalue weighted by Gasteiger charge is 2.43. The maximum atomic E-state index is 12.6. The van der Waals surface area contributed by atoms with Gasteiger partial charge in [0.15, 0.2) is 6.10 Å². The summed E-state index contributed by atoms with van der Waals surface area (Å²) >= 11 is 0. The maximum absolute atomic E-state index is 12.6. The van der Waals surface area contributed by atoms with Gasteiger partial charge in [-0.25, -0.2) is 13.2 Å². The number of anilines is 1. The smallest absolute Gasteiger partial charge is 0.416 e. The molecule has 0 radical (unpaired) electrons. The van der Waals surface area contributed by atoms with E-state index in [0.29, 0.717) is 0 Å². The highest BCUT2D eigenvalue weighted by molar-refractivity contribution is 7.92. The Labute approximate surface area is 177 Å². The normalized spacial score (nSPS) is 18.5. The number of carbonyl (C=O) groups is 1. The third-order valence-electron chi connectivity index (χ3n) is 4.31. The molecular weight excluding hydrogens is 439 g/mol. The number of nitrogens with zero attached hydrogens (tertiary/aromatic N) is 1. The fourth-order valence-electron chi connectivity index (χ4n) is 2.95. The van der Waals surface area contributed by atoms with E-state index in [1.165, 1.54) is 36.4 Å². The largest absolute Gasteiger partial charge is 0.457 e. The molecule has 0 aromatic heterocycles. The molecule has 1 aliphatic heterocycles. The molecule has 1 fully saturated rings. The SMILES string of the molecule is CC1(C)OC(=O)C(CN(c2ccc(Oc3ccc(C(F)(F)F)cc3)cc2)S(C)(=O)=O)O1. The van der Waals surface area contributed by atoms with Crippen molar-refractivity contribution in [3.63, 3.8) is 0 Å². The molecule has 7 nitrogen and oxygen atoms in total. The van der Waals surface area contributed by atoms with Crippen molar-refractivity contribution in [2.75, 3.05) is 17.1 Å². The summed E-state index contributed by atoms with van der Waals surface area (Å²) in [7, 11) is -3.76. The second-order valence-electron chi connectivity index (χ2n) is 7.34. The van der Waals surface area contributed by atoms with E-state index in [9.17, 15) is 26.4 Å². The van der Waals surface area contributed by atoms with Crippen LogP contribution in [0.15, 0.2) is 48.5 Å². The Morgan fingerprint density at radius 3 is 1.97 bits per heavy atom. The van der Waals surface area contributed by atoms with Crippen LogP contribution < -0.4 is 9.04 Å². The van der Waals surface area contributed by atoms with Crippen molar-refractivity contribution in [3.05, 3.63) is 54.1 Å². The van der Waals surface area contributed by atoms with Crippen LogP contribution in [-0.4, -0.2) is 39.1 Å². The molecule has 31 heavy (non-hydrogen) atoms. The van der Waals surface area contributed by atoms with Crippen LogP contribution in [0.3, 0.4) is 0 Å². The Morgan fingerprint density at radius 2 is 1.55 bits per heavy atom. The first kappa shape index (κ1) is 22.9. The van der Waals surface area contributed by atoms with Gasteiger partial charge in [0.25, 0.3) is 0 Å². The lowest BCUT2D eigenvalue weighted by Gasteiger charge is -2.24. The molecule has 0 amide bonds. The van der Waals surface area contributed by atoms with Crippen molar-refractivity contribution in [3.8, 4) is 11.5 Å². The van der Waals surface area contributed by atoms with Crippen molar-refractivity contribution in [1.82, 2.24) is 0 Å². The van der Waals surface area contributed by atoms with E-state index < -0.39 is 39.6 Å². The number of hydrogen-bond donors (Lipinski definition) is 0. The molecule has 0 spiro atoms. The first-order chi connectivity index (χ1) is 14.2. The number of cyclic esters (lactones) is 1. The maximum Gasteiger partial charge on any atom is 0.416 e. The Bertz CT molecular complexity index is 1050. The van der Waals surface area contributed by atoms with Gasteiger partial charge in [-0.15, -0.1) is 0 Å². The van der Waals surface area contributed by atoms with Crippen molar-refractivity contribution in [2.24, 2.45) is 0 Å². The van der Waals surface area contributed by atoms with Gasteiger partial charge in [-0.1, -0.05) is 0 Å². The van der Waals surface area contributed by atoms with E-state index >= 15 is 0 Å². The van der Waals surface area contributed by atoms with Crippen LogP contribution in [0.5, 0.6) is 11.5 Å². The van der Waals surface area contributed by atoms with Gasteiger partial charge in [0.1, 0.15) is 11.5 Å². The molecule has 2 aromatic rings. The summed E-state index contributed by atoms with van der Waals surface area (Å²) in [5, 5.41) is 0. The van der Waals surface area contributed by atoms with Crippen molar-refractivity contribution < 1.29 is 40.6 Å². The fraction of sp³-hybridized carbons (Fsp3) is 0.350. The van der Waals surface area contributed by atoms with Crippen LogP contribution >= 0.6 is 0 Å². The van der Waals surface area contributed by atoms with Gasteiger partial charge in [0, 0.05) is 13.8 Å². The number of sulfonamides is 1. The summed E-state index contributed by atoms with van der Waals surface area (Å²) < 4.78 is 79.5. The fourth-order valence-corrected chi connectivity index (χ4v) is 3.86. The Morgan fingerprint density at radius 1 is 1.03 bits per heavy atom. The topological polar surface area (TPSA) is 82.1 Å². The van der Waals surface area contributed by atoms with Crippen LogP contribution in [0.25, 0.3) is 0 Å². The highest BCUT2D eigenvalue weighted by Crippen LogP contribution is 2.32. The van der Waals surface area contributed by atoms with Crippen molar-refractivity contribution in [2.45, 2.75) is 31.9 Å². The number of rotatable bonds is 6. The molecule has 1 unspecified atom stereocenters. The molecule has 0 aliphatic carbocycles. The lowest BCUT2D eigenvalue weighted by Crippen LogP contribution is -2.39. The summed E-state index contributed by atoms with van der Waals surface area (Å²) in [6.07, 6.45) is -4.54. The zero-order valence-electron chi connectivity index (χ0n) is 16.8. The molecule has 0 N–H and O–H groups in total. The average Bonchev–Trinajstić information content (AvgIpc) is 2.91. The highest BCUT2D eigenvalue weighted by atomic mass is 32.2. The quantitative estimate of drug-likeness (QED) is 0.609. The molecule has 0 saturated carbocycles. The minimum Gasteiger partial charge on any atom is -0.457 e. The lowest BCUT2D eigenvalue weighted by molar-refractivity contribution is -0.160. The van der Waals surface area contributed by atoms with E-state index in [1.54, 1.807) is 13.8 Å². The summed E-state index contributed by atoms with van der Waals surface area (Å²) in [6, 6.07) is 9.99. The zero-order valence-corrected chi connectivity index (χ0v) is 17.7. The predicted octanol–water partition coefficient (Wildman–Crippen LogP) is 3.94. The van der Waals surface area contributed by atoms with Gasteiger partial charge in [0.05, 0.1) is 24.1 Å². The molecular formula is C20H20F3NO6S. The Kier molecular flexibility index (Phi) is 5.94. The van der Waals surface area contributed by atoms with Crippen molar-refractivity contribution >= 4 is 21.7 Å². The molecule has 1 atom stereocenters. The van der Waals surface area contributed by atoms with E-state index in [1.807, 2.05) is 0 Å². The van der Waals surface area contributed by atoms with Gasteiger partial charge >= 0.3 is 12.1 Å². The number of benzene rings is 2. The van der Waals surface area contributed by atoms with E-state index in [-0.39, 0.29) is 23.7 Å². The molecule has 1 saturated heterocycles. The predicted molar refractivity (Wildman–Crippen MR) is 105 cm³/mol. The number of alkyl halides is 3. The number of esters is 1. The van der Waals surface area contributed by atoms with E-state index in [4.69, 9.17) is 14.2 Å². The molecule has 2 aromatic carbocycles. The third kappa shape index (κ3) is 5.67. The average molecular weight is 459 g/mol. The van der Waals surface area contributed by atoms with Crippen LogP contribution in [-0.2, 0) is 30.5 Å². The number of hydrogen-bond acceptors (Lipinski definition) is 6. The molecule has 1 aliphatic rings. The van der Waals surface area contributed by atoms with Crippen LogP contribution in [0.1, 0.15) is 19.4 Å². The second kappa shape index (κ2) is 8.04. The van der Waals surface area contributed by atoms with E-state index in [2.05, 4.69) is 0 Å². The third-order valence-corrected chi connectivity index (χ3v) is 5.47. The minimum absolute atomic E-state index is 0.185. The minimum atomic E-state index is -4.44. The van der Waals surface area contributed by atoms with Gasteiger partial charge < -0.3 is 14.2 Å². The molecule has 168 valence electrons.